The molecule has 2 aromatic carbocycles. The van der Waals surface area contributed by atoms with Gasteiger partial charge in [-0.2, -0.15) is 0 Å². The van der Waals surface area contributed by atoms with Crippen molar-refractivity contribution in [3.8, 4) is 0 Å². The molecule has 194 valence electrons. The average Bonchev–Trinajstić information content (AvgIpc) is 3.43. The van der Waals surface area contributed by atoms with E-state index in [1.54, 1.807) is 0 Å². The molecule has 2 atom stereocenters. The fourth-order valence-electron chi connectivity index (χ4n) is 7.15. The van der Waals surface area contributed by atoms with Crippen LogP contribution in [-0.4, -0.2) is 46.2 Å². The molecule has 37 heavy (non-hydrogen) atoms. The Labute approximate surface area is 219 Å². The maximum absolute atomic E-state index is 12.9. The first-order chi connectivity index (χ1) is 18.1. The lowest BCUT2D eigenvalue weighted by molar-refractivity contribution is -0.956. The van der Waals surface area contributed by atoms with Gasteiger partial charge in [0.1, 0.15) is 6.54 Å². The molecule has 2 N–H and O–H groups in total. The summed E-state index contributed by atoms with van der Waals surface area (Å²) in [5.41, 5.74) is 0.374. The van der Waals surface area contributed by atoms with Gasteiger partial charge in [0.15, 0.2) is 11.4 Å². The van der Waals surface area contributed by atoms with E-state index < -0.39 is 5.60 Å². The van der Waals surface area contributed by atoms with E-state index in [4.69, 9.17) is 9.40 Å². The van der Waals surface area contributed by atoms with Crippen LogP contribution in [0.2, 0.25) is 0 Å². The van der Waals surface area contributed by atoms with Crippen LogP contribution in [0.15, 0.2) is 71.3 Å². The van der Waals surface area contributed by atoms with Crippen molar-refractivity contribution in [2.45, 2.75) is 63.1 Å². The Morgan fingerprint density at radius 2 is 1.65 bits per heavy atom. The van der Waals surface area contributed by atoms with E-state index in [0.29, 0.717) is 17.4 Å². The van der Waals surface area contributed by atoms with Crippen molar-refractivity contribution in [2.24, 2.45) is 11.8 Å². The highest BCUT2D eigenvalue weighted by Gasteiger charge is 2.48. The predicted octanol–water partition coefficient (Wildman–Crippen LogP) is 5.03. The van der Waals surface area contributed by atoms with Gasteiger partial charge in [-0.25, -0.2) is 4.98 Å². The van der Waals surface area contributed by atoms with Gasteiger partial charge in [0.2, 0.25) is 5.89 Å². The van der Waals surface area contributed by atoms with Gasteiger partial charge in [0.25, 0.3) is 5.91 Å². The minimum absolute atomic E-state index is 0.0138. The second-order valence-electron chi connectivity index (χ2n) is 11.5. The Balaban J connectivity index is 1.21. The SMILES string of the molecule is O=C(N[C@H]1C[N+]2(Cc3cnc([C@](O)(c4ccccc4)C4CCCCC4)o3)CCC1CC2)c1ccccc1. The number of hydrogen-bond acceptors (Lipinski definition) is 4. The first kappa shape index (κ1) is 24.4. The van der Waals surface area contributed by atoms with Gasteiger partial charge in [-0.3, -0.25) is 4.79 Å². The zero-order chi connectivity index (χ0) is 25.3. The summed E-state index contributed by atoms with van der Waals surface area (Å²) in [5.74, 6) is 1.91. The zero-order valence-electron chi connectivity index (χ0n) is 21.5. The molecule has 7 rings (SSSR count). The number of nitrogens with zero attached hydrogens (tertiary/aromatic N) is 2. The molecule has 0 radical (unpaired) electrons. The molecular weight excluding hydrogens is 462 g/mol. The predicted molar refractivity (Wildman–Crippen MR) is 142 cm³/mol. The van der Waals surface area contributed by atoms with Crippen molar-refractivity contribution in [1.29, 1.82) is 0 Å². The molecule has 1 saturated carbocycles. The lowest BCUT2D eigenvalue weighted by Gasteiger charge is -2.52. The number of aliphatic hydroxyl groups is 1. The van der Waals surface area contributed by atoms with Gasteiger partial charge in [0, 0.05) is 24.3 Å². The number of nitrogens with one attached hydrogen (secondary N) is 1. The number of quaternary nitrogens is 1. The van der Waals surface area contributed by atoms with Crippen molar-refractivity contribution in [1.82, 2.24) is 10.3 Å². The molecule has 2 bridgehead atoms. The number of aromatic nitrogens is 1. The molecule has 1 aliphatic carbocycles. The van der Waals surface area contributed by atoms with E-state index in [1.165, 1.54) is 6.42 Å². The summed E-state index contributed by atoms with van der Waals surface area (Å²) in [4.78, 5) is 17.6. The van der Waals surface area contributed by atoms with Crippen molar-refractivity contribution in [3.05, 3.63) is 89.6 Å². The third kappa shape index (κ3) is 4.73. The molecule has 3 saturated heterocycles. The number of hydrogen-bond donors (Lipinski definition) is 2. The quantitative estimate of drug-likeness (QED) is 0.446. The van der Waals surface area contributed by atoms with Crippen molar-refractivity contribution >= 4 is 5.91 Å². The topological polar surface area (TPSA) is 75.4 Å². The van der Waals surface area contributed by atoms with E-state index in [9.17, 15) is 9.90 Å². The third-order valence-corrected chi connectivity index (χ3v) is 9.23. The van der Waals surface area contributed by atoms with Crippen molar-refractivity contribution < 1.29 is 18.8 Å². The molecule has 0 spiro atoms. The zero-order valence-corrected chi connectivity index (χ0v) is 21.5. The van der Waals surface area contributed by atoms with E-state index in [0.717, 1.165) is 80.5 Å². The highest BCUT2D eigenvalue weighted by molar-refractivity contribution is 5.94. The number of rotatable bonds is 7. The molecule has 4 heterocycles. The molecule has 1 aromatic heterocycles. The fourth-order valence-corrected chi connectivity index (χ4v) is 7.15. The van der Waals surface area contributed by atoms with E-state index in [2.05, 4.69) is 5.32 Å². The monoisotopic (exact) mass is 500 g/mol. The van der Waals surface area contributed by atoms with Crippen LogP contribution < -0.4 is 5.32 Å². The molecule has 1 amide bonds. The van der Waals surface area contributed by atoms with Crippen LogP contribution in [0.25, 0.3) is 0 Å². The second-order valence-corrected chi connectivity index (χ2v) is 11.5. The van der Waals surface area contributed by atoms with Gasteiger partial charge >= 0.3 is 0 Å². The molecular formula is C31H38N3O3+. The lowest BCUT2D eigenvalue weighted by atomic mass is 9.73. The van der Waals surface area contributed by atoms with Crippen LogP contribution in [0.3, 0.4) is 0 Å². The molecule has 4 aliphatic rings. The Morgan fingerprint density at radius 1 is 0.973 bits per heavy atom. The number of benzene rings is 2. The lowest BCUT2D eigenvalue weighted by Crippen LogP contribution is -2.66. The Kier molecular flexibility index (Phi) is 6.63. The summed E-state index contributed by atoms with van der Waals surface area (Å²) in [5, 5.41) is 15.5. The van der Waals surface area contributed by atoms with Crippen LogP contribution in [-0.2, 0) is 12.1 Å². The fraction of sp³-hybridized carbons (Fsp3) is 0.484. The highest BCUT2D eigenvalue weighted by Crippen LogP contribution is 2.44. The van der Waals surface area contributed by atoms with Gasteiger partial charge in [-0.05, 0) is 36.5 Å². The van der Waals surface area contributed by atoms with E-state index in [1.807, 2.05) is 66.9 Å². The van der Waals surface area contributed by atoms with Crippen LogP contribution >= 0.6 is 0 Å². The van der Waals surface area contributed by atoms with Crippen LogP contribution in [0.1, 0.15) is 72.5 Å². The first-order valence-electron chi connectivity index (χ1n) is 14.0. The molecule has 6 heteroatoms. The number of piperidine rings is 3. The van der Waals surface area contributed by atoms with E-state index in [-0.39, 0.29) is 17.9 Å². The average molecular weight is 501 g/mol. The highest BCUT2D eigenvalue weighted by atomic mass is 16.4. The molecule has 0 unspecified atom stereocenters. The van der Waals surface area contributed by atoms with Crippen LogP contribution in [0.4, 0.5) is 0 Å². The number of amides is 1. The van der Waals surface area contributed by atoms with Gasteiger partial charge in [-0.1, -0.05) is 67.8 Å². The summed E-state index contributed by atoms with van der Waals surface area (Å²) in [6.45, 7) is 3.83. The van der Waals surface area contributed by atoms with Gasteiger partial charge in [0.05, 0.1) is 31.9 Å². The summed E-state index contributed by atoms with van der Waals surface area (Å²) in [6, 6.07) is 19.6. The van der Waals surface area contributed by atoms with E-state index >= 15 is 0 Å². The Bertz CT molecular complexity index is 1200. The standard InChI is InChI=1S/C31H37N3O3/c35-29(24-10-4-1-5-11-24)33-28-22-34(18-16-23(28)17-19-34)21-27-20-32-30(37-27)31(36,25-12-6-2-7-13-25)26-14-8-3-9-15-26/h1-2,4-7,10-13,20,23,26,28,36H,3,8-9,14-19,21-22H2/p+1/t23?,28-,31-,34?/m0/s1. The Morgan fingerprint density at radius 3 is 2.35 bits per heavy atom. The van der Waals surface area contributed by atoms with Gasteiger partial charge in [-0.15, -0.1) is 0 Å². The molecule has 3 aromatic rings. The van der Waals surface area contributed by atoms with Crippen molar-refractivity contribution in [3.63, 3.8) is 0 Å². The smallest absolute Gasteiger partial charge is 0.251 e. The minimum Gasteiger partial charge on any atom is -0.436 e. The first-order valence-corrected chi connectivity index (χ1v) is 14.0. The van der Waals surface area contributed by atoms with Crippen LogP contribution in [0, 0.1) is 11.8 Å². The number of fused-ring (bicyclic) bond motifs is 3. The van der Waals surface area contributed by atoms with Crippen molar-refractivity contribution in [2.75, 3.05) is 19.6 Å². The normalized spacial score (nSPS) is 27.5. The summed E-state index contributed by atoms with van der Waals surface area (Å²) < 4.78 is 7.33. The molecule has 3 aliphatic heterocycles. The van der Waals surface area contributed by atoms with Gasteiger partial charge < -0.3 is 19.3 Å². The third-order valence-electron chi connectivity index (χ3n) is 9.23. The number of carbonyl (C=O) groups is 1. The summed E-state index contributed by atoms with van der Waals surface area (Å²) in [7, 11) is 0. The second kappa shape index (κ2) is 10.1. The maximum atomic E-state index is 12.9. The van der Waals surface area contributed by atoms with Crippen LogP contribution in [0.5, 0.6) is 0 Å². The number of oxazole rings is 1. The maximum Gasteiger partial charge on any atom is 0.251 e. The molecule has 4 fully saturated rings. The Hall–Kier alpha value is -2.96. The number of carbonyl (C=O) groups excluding carboxylic acids is 1. The summed E-state index contributed by atoms with van der Waals surface area (Å²) in [6.07, 6.45) is 9.49. The summed E-state index contributed by atoms with van der Waals surface area (Å²) >= 11 is 0. The minimum atomic E-state index is -1.21. The largest absolute Gasteiger partial charge is 0.436 e. The molecule has 6 nitrogen and oxygen atoms in total.